The fourth-order valence-electron chi connectivity index (χ4n) is 1.86. The first kappa shape index (κ1) is 15.4. The van der Waals surface area contributed by atoms with Crippen molar-refractivity contribution < 1.29 is 9.18 Å². The molecule has 0 radical (unpaired) electrons. The first-order valence-corrected chi connectivity index (χ1v) is 7.63. The fourth-order valence-corrected chi connectivity index (χ4v) is 2.61. The molecule has 0 bridgehead atoms. The van der Waals surface area contributed by atoms with Gasteiger partial charge in [-0.25, -0.2) is 4.39 Å². The van der Waals surface area contributed by atoms with Crippen LogP contribution in [0.2, 0.25) is 0 Å². The second kappa shape index (κ2) is 7.13. The number of thioether (sulfide) groups is 1. The van der Waals surface area contributed by atoms with Crippen LogP contribution in [0, 0.1) is 5.82 Å². The third-order valence-electron chi connectivity index (χ3n) is 2.95. The van der Waals surface area contributed by atoms with Crippen molar-refractivity contribution in [1.82, 2.24) is 0 Å². The molecule has 5 heteroatoms. The molecule has 0 aromatic heterocycles. The Morgan fingerprint density at radius 2 is 2.10 bits per heavy atom. The molecule has 0 heterocycles. The highest BCUT2D eigenvalue weighted by atomic mass is 32.2. The van der Waals surface area contributed by atoms with Gasteiger partial charge in [0.2, 0.25) is 5.91 Å². The van der Waals surface area contributed by atoms with Gasteiger partial charge < -0.3 is 11.1 Å². The Morgan fingerprint density at radius 3 is 2.81 bits per heavy atom. The first-order valence-electron chi connectivity index (χ1n) is 6.65. The van der Waals surface area contributed by atoms with Crippen LogP contribution in [0.3, 0.4) is 0 Å². The molecular weight excluding hydrogens is 287 g/mol. The van der Waals surface area contributed by atoms with Gasteiger partial charge in [-0.1, -0.05) is 19.1 Å². The van der Waals surface area contributed by atoms with Gasteiger partial charge in [-0.3, -0.25) is 4.79 Å². The van der Waals surface area contributed by atoms with Crippen LogP contribution in [0.5, 0.6) is 0 Å². The molecule has 0 saturated heterocycles. The van der Waals surface area contributed by atoms with Crippen LogP contribution in [0.25, 0.3) is 0 Å². The smallest absolute Gasteiger partial charge is 0.234 e. The van der Waals surface area contributed by atoms with Crippen LogP contribution in [-0.2, 0) is 11.2 Å². The third kappa shape index (κ3) is 4.49. The lowest BCUT2D eigenvalue weighted by Gasteiger charge is -2.08. The van der Waals surface area contributed by atoms with Crippen molar-refractivity contribution >= 4 is 29.0 Å². The van der Waals surface area contributed by atoms with Gasteiger partial charge in [0, 0.05) is 16.3 Å². The molecule has 0 spiro atoms. The number of nitrogens with one attached hydrogen (secondary N) is 1. The monoisotopic (exact) mass is 304 g/mol. The molecule has 0 aliphatic carbocycles. The highest BCUT2D eigenvalue weighted by molar-refractivity contribution is 8.00. The lowest BCUT2D eigenvalue weighted by molar-refractivity contribution is -0.113. The minimum absolute atomic E-state index is 0.114. The summed E-state index contributed by atoms with van der Waals surface area (Å²) in [7, 11) is 0. The van der Waals surface area contributed by atoms with E-state index in [9.17, 15) is 9.18 Å². The second-order valence-corrected chi connectivity index (χ2v) is 5.59. The zero-order valence-electron chi connectivity index (χ0n) is 11.7. The van der Waals surface area contributed by atoms with Gasteiger partial charge in [0.25, 0.3) is 0 Å². The highest BCUT2D eigenvalue weighted by Gasteiger charge is 2.07. The van der Waals surface area contributed by atoms with Crippen LogP contribution in [-0.4, -0.2) is 11.7 Å². The summed E-state index contributed by atoms with van der Waals surface area (Å²) in [6.45, 7) is 2.06. The standard InChI is InChI=1S/C16H17FN2OS/c1-2-11-4-3-5-13(8-11)19-16(20)10-21-15-7-6-12(17)9-14(15)18/h3-9H,2,10,18H2,1H3,(H,19,20). The molecule has 2 rings (SSSR count). The number of carbonyl (C=O) groups excluding carboxylic acids is 1. The lowest BCUT2D eigenvalue weighted by Crippen LogP contribution is -2.14. The molecule has 0 atom stereocenters. The number of nitrogens with two attached hydrogens (primary N) is 1. The summed E-state index contributed by atoms with van der Waals surface area (Å²) < 4.78 is 12.9. The maximum atomic E-state index is 12.9. The molecule has 3 nitrogen and oxygen atoms in total. The second-order valence-electron chi connectivity index (χ2n) is 4.57. The molecule has 110 valence electrons. The van der Waals surface area contributed by atoms with Gasteiger partial charge >= 0.3 is 0 Å². The summed E-state index contributed by atoms with van der Waals surface area (Å²) in [5.41, 5.74) is 8.01. The number of nitrogen functional groups attached to an aromatic ring is 1. The Bertz CT molecular complexity index is 646. The number of hydrogen-bond acceptors (Lipinski definition) is 3. The molecule has 3 N–H and O–H groups in total. The molecule has 1 amide bonds. The Balaban J connectivity index is 1.92. The van der Waals surface area contributed by atoms with E-state index in [0.29, 0.717) is 10.6 Å². The molecule has 0 unspecified atom stereocenters. The van der Waals surface area contributed by atoms with Crippen LogP contribution < -0.4 is 11.1 Å². The maximum absolute atomic E-state index is 12.9. The summed E-state index contributed by atoms with van der Waals surface area (Å²) in [5.74, 6) is -0.263. The van der Waals surface area contributed by atoms with Gasteiger partial charge in [0.15, 0.2) is 0 Å². The van der Waals surface area contributed by atoms with Crippen LogP contribution >= 0.6 is 11.8 Å². The number of hydrogen-bond donors (Lipinski definition) is 2. The van der Waals surface area contributed by atoms with Gasteiger partial charge in [0.1, 0.15) is 5.82 Å². The number of amides is 1. The van der Waals surface area contributed by atoms with Crippen molar-refractivity contribution in [2.45, 2.75) is 18.2 Å². The SMILES string of the molecule is CCc1cccc(NC(=O)CSc2ccc(F)cc2N)c1. The van der Waals surface area contributed by atoms with Crippen molar-refractivity contribution in [2.75, 3.05) is 16.8 Å². The molecule has 0 saturated carbocycles. The number of anilines is 2. The topological polar surface area (TPSA) is 55.1 Å². The summed E-state index contributed by atoms with van der Waals surface area (Å²) in [6.07, 6.45) is 0.921. The van der Waals surface area contributed by atoms with E-state index < -0.39 is 0 Å². The Hall–Kier alpha value is -2.01. The van der Waals surface area contributed by atoms with Crippen LogP contribution in [0.1, 0.15) is 12.5 Å². The average Bonchev–Trinajstić information content (AvgIpc) is 2.46. The largest absolute Gasteiger partial charge is 0.398 e. The molecule has 0 fully saturated rings. The number of aryl methyl sites for hydroxylation is 1. The minimum atomic E-state index is -0.377. The predicted octanol–water partition coefficient (Wildman–Crippen LogP) is 3.70. The van der Waals surface area contributed by atoms with Crippen molar-refractivity contribution in [2.24, 2.45) is 0 Å². The van der Waals surface area contributed by atoms with Crippen LogP contribution in [0.15, 0.2) is 47.4 Å². The van der Waals surface area contributed by atoms with E-state index in [2.05, 4.69) is 12.2 Å². The van der Waals surface area contributed by atoms with Gasteiger partial charge in [-0.15, -0.1) is 11.8 Å². The van der Waals surface area contributed by atoms with Gasteiger partial charge in [0.05, 0.1) is 5.75 Å². The van der Waals surface area contributed by atoms with E-state index in [1.165, 1.54) is 29.5 Å². The highest BCUT2D eigenvalue weighted by Crippen LogP contribution is 2.25. The number of rotatable bonds is 5. The normalized spacial score (nSPS) is 10.4. The summed E-state index contributed by atoms with van der Waals surface area (Å²) in [4.78, 5) is 12.6. The molecule has 0 aliphatic rings. The van der Waals surface area contributed by atoms with Crippen molar-refractivity contribution in [1.29, 1.82) is 0 Å². The Kier molecular flexibility index (Phi) is 5.22. The molecule has 0 aliphatic heterocycles. The Morgan fingerprint density at radius 1 is 1.29 bits per heavy atom. The number of halogens is 1. The van der Waals surface area contributed by atoms with E-state index in [1.54, 1.807) is 6.07 Å². The van der Waals surface area contributed by atoms with Crippen molar-refractivity contribution in [3.8, 4) is 0 Å². The van der Waals surface area contributed by atoms with E-state index in [4.69, 9.17) is 5.73 Å². The predicted molar refractivity (Wildman–Crippen MR) is 86.0 cm³/mol. The van der Waals surface area contributed by atoms with E-state index >= 15 is 0 Å². The van der Waals surface area contributed by atoms with E-state index in [-0.39, 0.29) is 17.5 Å². The molecular formula is C16H17FN2OS. The van der Waals surface area contributed by atoms with Crippen LogP contribution in [0.4, 0.5) is 15.8 Å². The number of benzene rings is 2. The molecule has 21 heavy (non-hydrogen) atoms. The van der Waals surface area contributed by atoms with Gasteiger partial charge in [-0.2, -0.15) is 0 Å². The molecule has 2 aromatic rings. The lowest BCUT2D eigenvalue weighted by atomic mass is 10.1. The summed E-state index contributed by atoms with van der Waals surface area (Å²) in [6, 6.07) is 11.9. The molecule has 2 aromatic carbocycles. The first-order chi connectivity index (χ1) is 10.1. The zero-order chi connectivity index (χ0) is 15.2. The van der Waals surface area contributed by atoms with Crippen molar-refractivity contribution in [3.05, 3.63) is 53.8 Å². The van der Waals surface area contributed by atoms with E-state index in [1.807, 2.05) is 24.3 Å². The zero-order valence-corrected chi connectivity index (χ0v) is 12.5. The van der Waals surface area contributed by atoms with E-state index in [0.717, 1.165) is 12.1 Å². The maximum Gasteiger partial charge on any atom is 0.234 e. The number of carbonyl (C=O) groups is 1. The Labute approximate surface area is 127 Å². The van der Waals surface area contributed by atoms with Crippen molar-refractivity contribution in [3.63, 3.8) is 0 Å². The average molecular weight is 304 g/mol. The fraction of sp³-hybridized carbons (Fsp3) is 0.188. The summed E-state index contributed by atoms with van der Waals surface area (Å²) in [5, 5.41) is 2.84. The quantitative estimate of drug-likeness (QED) is 0.654. The van der Waals surface area contributed by atoms with Gasteiger partial charge in [-0.05, 0) is 42.3 Å². The summed E-state index contributed by atoms with van der Waals surface area (Å²) >= 11 is 1.29. The third-order valence-corrected chi connectivity index (χ3v) is 4.04. The minimum Gasteiger partial charge on any atom is -0.398 e.